The molecule has 1 fully saturated rings. The number of carboxylic acids is 1. The number of hydrogen-bond acceptors (Lipinski definition) is 3. The van der Waals surface area contributed by atoms with Crippen LogP contribution in [0, 0.1) is 6.92 Å². The van der Waals surface area contributed by atoms with E-state index in [9.17, 15) is 9.59 Å². The van der Waals surface area contributed by atoms with Crippen LogP contribution in [0.2, 0.25) is 0 Å². The van der Waals surface area contributed by atoms with E-state index < -0.39 is 12.0 Å². The molecule has 0 aromatic heterocycles. The molecule has 120 valence electrons. The van der Waals surface area contributed by atoms with Crippen LogP contribution in [0.25, 0.3) is 0 Å². The van der Waals surface area contributed by atoms with Gasteiger partial charge in [-0.25, -0.2) is 0 Å². The molecule has 5 heteroatoms. The van der Waals surface area contributed by atoms with Gasteiger partial charge in [0.2, 0.25) is 5.91 Å². The van der Waals surface area contributed by atoms with E-state index in [1.54, 1.807) is 0 Å². The summed E-state index contributed by atoms with van der Waals surface area (Å²) in [5.41, 5.74) is 1.84. The van der Waals surface area contributed by atoms with Crippen molar-refractivity contribution in [1.29, 1.82) is 0 Å². The van der Waals surface area contributed by atoms with Crippen LogP contribution in [0.1, 0.15) is 49.3 Å². The highest BCUT2D eigenvalue weighted by atomic mass is 16.5. The SMILES string of the molecule is Cc1ccccc1C(CC(=O)O)NC(=O)CCC1CCCO1. The van der Waals surface area contributed by atoms with E-state index in [0.717, 1.165) is 30.6 Å². The topological polar surface area (TPSA) is 75.6 Å². The summed E-state index contributed by atoms with van der Waals surface area (Å²) in [4.78, 5) is 23.2. The molecule has 22 heavy (non-hydrogen) atoms. The summed E-state index contributed by atoms with van der Waals surface area (Å²) in [6.45, 7) is 2.69. The predicted octanol–water partition coefficient (Wildman–Crippen LogP) is 2.59. The van der Waals surface area contributed by atoms with Crippen molar-refractivity contribution < 1.29 is 19.4 Å². The van der Waals surface area contributed by atoms with Crippen molar-refractivity contribution in [3.8, 4) is 0 Å². The molecule has 0 bridgehead atoms. The average molecular weight is 305 g/mol. The molecule has 1 aliphatic rings. The van der Waals surface area contributed by atoms with Gasteiger partial charge >= 0.3 is 5.97 Å². The van der Waals surface area contributed by atoms with Gasteiger partial charge in [-0.3, -0.25) is 9.59 Å². The number of ether oxygens (including phenoxy) is 1. The van der Waals surface area contributed by atoms with Gasteiger partial charge in [0.1, 0.15) is 0 Å². The van der Waals surface area contributed by atoms with Crippen LogP contribution < -0.4 is 5.32 Å². The Morgan fingerprint density at radius 3 is 2.82 bits per heavy atom. The highest BCUT2D eigenvalue weighted by molar-refractivity contribution is 5.77. The Morgan fingerprint density at radius 2 is 2.18 bits per heavy atom. The number of aliphatic carboxylic acids is 1. The van der Waals surface area contributed by atoms with Crippen LogP contribution in [0.5, 0.6) is 0 Å². The van der Waals surface area contributed by atoms with Crippen LogP contribution in [0.4, 0.5) is 0 Å². The maximum absolute atomic E-state index is 12.1. The van der Waals surface area contributed by atoms with Gasteiger partial charge in [0, 0.05) is 13.0 Å². The molecule has 2 atom stereocenters. The third-order valence-electron chi connectivity index (χ3n) is 4.00. The molecule has 0 aliphatic carbocycles. The standard InChI is InChI=1S/C17H23NO4/c1-12-5-2-3-7-14(12)15(11-17(20)21)18-16(19)9-8-13-6-4-10-22-13/h2-3,5,7,13,15H,4,6,8-11H2,1H3,(H,18,19)(H,20,21). The number of carbonyl (C=O) groups is 2. The quantitative estimate of drug-likeness (QED) is 0.812. The fourth-order valence-corrected chi connectivity index (χ4v) is 2.82. The molecule has 1 aliphatic heterocycles. The lowest BCUT2D eigenvalue weighted by atomic mass is 9.98. The lowest BCUT2D eigenvalue weighted by Gasteiger charge is -2.20. The second kappa shape index (κ2) is 7.94. The summed E-state index contributed by atoms with van der Waals surface area (Å²) in [6, 6.07) is 7.05. The molecule has 2 rings (SSSR count). The zero-order valence-electron chi connectivity index (χ0n) is 12.9. The largest absolute Gasteiger partial charge is 0.481 e. The smallest absolute Gasteiger partial charge is 0.305 e. The minimum Gasteiger partial charge on any atom is -0.481 e. The van der Waals surface area contributed by atoms with E-state index in [-0.39, 0.29) is 18.4 Å². The summed E-state index contributed by atoms with van der Waals surface area (Å²) >= 11 is 0. The second-order valence-electron chi connectivity index (χ2n) is 5.75. The summed E-state index contributed by atoms with van der Waals surface area (Å²) in [5.74, 6) is -1.04. The van der Waals surface area contributed by atoms with Gasteiger partial charge in [-0.2, -0.15) is 0 Å². The van der Waals surface area contributed by atoms with Gasteiger partial charge in [-0.15, -0.1) is 0 Å². The Labute approximate surface area is 130 Å². The van der Waals surface area contributed by atoms with E-state index in [0.29, 0.717) is 12.8 Å². The number of benzene rings is 1. The minimum absolute atomic E-state index is 0.115. The maximum atomic E-state index is 12.1. The van der Waals surface area contributed by atoms with Crippen LogP contribution in [0.15, 0.2) is 24.3 Å². The van der Waals surface area contributed by atoms with E-state index in [1.807, 2.05) is 31.2 Å². The van der Waals surface area contributed by atoms with E-state index in [2.05, 4.69) is 5.32 Å². The molecule has 0 spiro atoms. The van der Waals surface area contributed by atoms with Gasteiger partial charge in [0.25, 0.3) is 0 Å². The monoisotopic (exact) mass is 305 g/mol. The number of amides is 1. The fraction of sp³-hybridized carbons (Fsp3) is 0.529. The Kier molecular flexibility index (Phi) is 5.95. The van der Waals surface area contributed by atoms with E-state index >= 15 is 0 Å². The first-order chi connectivity index (χ1) is 10.6. The lowest BCUT2D eigenvalue weighted by Crippen LogP contribution is -2.31. The highest BCUT2D eigenvalue weighted by Gasteiger charge is 2.21. The third kappa shape index (κ3) is 4.84. The van der Waals surface area contributed by atoms with Gasteiger partial charge in [-0.1, -0.05) is 24.3 Å². The Balaban J connectivity index is 1.95. The van der Waals surface area contributed by atoms with Crippen molar-refractivity contribution in [3.05, 3.63) is 35.4 Å². The van der Waals surface area contributed by atoms with Crippen LogP contribution in [0.3, 0.4) is 0 Å². The maximum Gasteiger partial charge on any atom is 0.305 e. The van der Waals surface area contributed by atoms with Gasteiger partial charge in [0.05, 0.1) is 18.6 Å². The Morgan fingerprint density at radius 1 is 1.41 bits per heavy atom. The van der Waals surface area contributed by atoms with Crippen LogP contribution in [-0.2, 0) is 14.3 Å². The van der Waals surface area contributed by atoms with Crippen molar-refractivity contribution in [2.45, 2.75) is 51.2 Å². The molecule has 2 N–H and O–H groups in total. The molecule has 1 amide bonds. The van der Waals surface area contributed by atoms with Crippen molar-refractivity contribution in [2.24, 2.45) is 0 Å². The predicted molar refractivity (Wildman–Crippen MR) is 82.5 cm³/mol. The number of nitrogens with one attached hydrogen (secondary N) is 1. The van der Waals surface area contributed by atoms with Gasteiger partial charge in [-0.05, 0) is 37.3 Å². The summed E-state index contributed by atoms with van der Waals surface area (Å²) < 4.78 is 5.50. The van der Waals surface area contributed by atoms with E-state index in [4.69, 9.17) is 9.84 Å². The Bertz CT molecular complexity index is 523. The summed E-state index contributed by atoms with van der Waals surface area (Å²) in [6.07, 6.45) is 3.17. The van der Waals surface area contributed by atoms with Crippen molar-refractivity contribution in [1.82, 2.24) is 5.32 Å². The summed E-state index contributed by atoms with van der Waals surface area (Å²) in [7, 11) is 0. The first kappa shape index (κ1) is 16.5. The third-order valence-corrected chi connectivity index (χ3v) is 4.00. The summed E-state index contributed by atoms with van der Waals surface area (Å²) in [5, 5.41) is 11.9. The minimum atomic E-state index is -0.923. The molecule has 5 nitrogen and oxygen atoms in total. The molecular weight excluding hydrogens is 282 g/mol. The van der Waals surface area contributed by atoms with Crippen molar-refractivity contribution >= 4 is 11.9 Å². The lowest BCUT2D eigenvalue weighted by molar-refractivity contribution is -0.137. The van der Waals surface area contributed by atoms with Crippen LogP contribution >= 0.6 is 0 Å². The molecule has 0 saturated carbocycles. The molecule has 1 saturated heterocycles. The molecule has 1 aromatic rings. The second-order valence-corrected chi connectivity index (χ2v) is 5.75. The molecule has 2 unspecified atom stereocenters. The van der Waals surface area contributed by atoms with Gasteiger partial charge < -0.3 is 15.2 Å². The van der Waals surface area contributed by atoms with Crippen molar-refractivity contribution in [2.75, 3.05) is 6.61 Å². The fourth-order valence-electron chi connectivity index (χ4n) is 2.82. The molecule has 1 heterocycles. The van der Waals surface area contributed by atoms with Crippen molar-refractivity contribution in [3.63, 3.8) is 0 Å². The van der Waals surface area contributed by atoms with E-state index in [1.165, 1.54) is 0 Å². The number of carboxylic acid groups (broad SMARTS) is 1. The first-order valence-corrected chi connectivity index (χ1v) is 7.74. The number of hydrogen-bond donors (Lipinski definition) is 2. The number of aryl methyl sites for hydroxylation is 1. The normalized spacial score (nSPS) is 18.9. The zero-order chi connectivity index (χ0) is 15.9. The molecular formula is C17H23NO4. The number of carbonyl (C=O) groups excluding carboxylic acids is 1. The molecule has 0 radical (unpaired) electrons. The zero-order valence-corrected chi connectivity index (χ0v) is 12.9. The van der Waals surface area contributed by atoms with Gasteiger partial charge in [0.15, 0.2) is 0 Å². The molecule has 1 aromatic carbocycles. The highest BCUT2D eigenvalue weighted by Crippen LogP contribution is 2.22. The number of rotatable bonds is 7. The van der Waals surface area contributed by atoms with Crippen LogP contribution in [-0.4, -0.2) is 29.7 Å². The first-order valence-electron chi connectivity index (χ1n) is 7.74. The average Bonchev–Trinajstić information content (AvgIpc) is 2.98. The Hall–Kier alpha value is -1.88.